The summed E-state index contributed by atoms with van der Waals surface area (Å²) in [7, 11) is 0. The third-order valence-corrected chi connectivity index (χ3v) is 3.78. The maximum Gasteiger partial charge on any atom is 0.140 e. The molecule has 118 valence electrons. The van der Waals surface area contributed by atoms with E-state index in [1.54, 1.807) is 0 Å². The van der Waals surface area contributed by atoms with Gasteiger partial charge >= 0.3 is 0 Å². The van der Waals surface area contributed by atoms with Gasteiger partial charge in [-0.15, -0.1) is 0 Å². The molecule has 0 atom stereocenters. The van der Waals surface area contributed by atoms with Crippen LogP contribution in [0.4, 0.5) is 5.69 Å². The number of nitrogens with zero attached hydrogens (tertiary/aromatic N) is 2. The molecule has 0 aliphatic heterocycles. The van der Waals surface area contributed by atoms with E-state index >= 15 is 0 Å². The lowest BCUT2D eigenvalue weighted by atomic mass is 10.1. The number of anilines is 1. The maximum absolute atomic E-state index is 5.95. The van der Waals surface area contributed by atoms with Crippen LogP contribution in [0.2, 0.25) is 0 Å². The van der Waals surface area contributed by atoms with Gasteiger partial charge in [0.2, 0.25) is 0 Å². The van der Waals surface area contributed by atoms with Gasteiger partial charge in [0.1, 0.15) is 18.0 Å². The summed E-state index contributed by atoms with van der Waals surface area (Å²) >= 11 is 0. The van der Waals surface area contributed by atoms with Crippen LogP contribution in [0.5, 0.6) is 5.75 Å². The summed E-state index contributed by atoms with van der Waals surface area (Å²) in [4.78, 5) is 4.78. The predicted octanol–water partition coefficient (Wildman–Crippen LogP) is 4.16. The van der Waals surface area contributed by atoms with E-state index < -0.39 is 0 Å². The Kier molecular flexibility index (Phi) is 3.82. The van der Waals surface area contributed by atoms with Crippen LogP contribution >= 0.6 is 0 Å². The Morgan fingerprint density at radius 2 is 1.96 bits per heavy atom. The molecule has 0 saturated heterocycles. The first kappa shape index (κ1) is 15.2. The predicted molar refractivity (Wildman–Crippen MR) is 94.8 cm³/mol. The van der Waals surface area contributed by atoms with E-state index in [9.17, 15) is 0 Å². The lowest BCUT2D eigenvalue weighted by Gasteiger charge is -2.06. The summed E-state index contributed by atoms with van der Waals surface area (Å²) in [5.41, 5.74) is 12.8. The Morgan fingerprint density at radius 3 is 2.61 bits per heavy atom. The second-order valence-electron chi connectivity index (χ2n) is 5.97. The minimum absolute atomic E-state index is 0.533. The topological polar surface area (TPSA) is 52.5 Å². The van der Waals surface area contributed by atoms with Gasteiger partial charge in [0.05, 0.1) is 5.69 Å². The SMILES string of the molecule is C=C(C)COc1ccc(-c2nc3c(C)cc(N)cn3c2C)cc1. The number of hydrogen-bond donors (Lipinski definition) is 1. The van der Waals surface area contributed by atoms with Crippen LogP contribution in [0.3, 0.4) is 0 Å². The Hall–Kier alpha value is -2.75. The summed E-state index contributed by atoms with van der Waals surface area (Å²) in [5.74, 6) is 0.832. The molecule has 2 aromatic heterocycles. The van der Waals surface area contributed by atoms with Crippen molar-refractivity contribution in [1.29, 1.82) is 0 Å². The van der Waals surface area contributed by atoms with E-state index in [0.29, 0.717) is 6.61 Å². The molecule has 2 N–H and O–H groups in total. The molecule has 0 aliphatic carbocycles. The van der Waals surface area contributed by atoms with Crippen LogP contribution in [0.1, 0.15) is 18.2 Å². The van der Waals surface area contributed by atoms with Crippen LogP contribution in [-0.4, -0.2) is 16.0 Å². The van der Waals surface area contributed by atoms with Gasteiger partial charge in [-0.1, -0.05) is 6.58 Å². The van der Waals surface area contributed by atoms with Crippen LogP contribution in [0.25, 0.3) is 16.9 Å². The number of ether oxygens (including phenoxy) is 1. The van der Waals surface area contributed by atoms with E-state index in [1.165, 1.54) is 0 Å². The molecule has 0 saturated carbocycles. The minimum Gasteiger partial charge on any atom is -0.489 e. The number of rotatable bonds is 4. The van der Waals surface area contributed by atoms with Gasteiger partial charge in [-0.2, -0.15) is 0 Å². The summed E-state index contributed by atoms with van der Waals surface area (Å²) in [6, 6.07) is 9.93. The van der Waals surface area contributed by atoms with Crippen LogP contribution in [0, 0.1) is 13.8 Å². The number of nitrogens with two attached hydrogens (primary N) is 1. The van der Waals surface area contributed by atoms with E-state index in [0.717, 1.165) is 45.2 Å². The first-order valence-electron chi connectivity index (χ1n) is 7.58. The first-order valence-corrected chi connectivity index (χ1v) is 7.58. The fourth-order valence-corrected chi connectivity index (χ4v) is 2.64. The number of nitrogen functional groups attached to an aromatic ring is 1. The molecular formula is C19H21N3O. The van der Waals surface area contributed by atoms with Gasteiger partial charge < -0.3 is 14.9 Å². The highest BCUT2D eigenvalue weighted by molar-refractivity contribution is 5.69. The number of fused-ring (bicyclic) bond motifs is 1. The van der Waals surface area contributed by atoms with Crippen molar-refractivity contribution in [3.63, 3.8) is 0 Å². The standard InChI is InChI=1S/C19H21N3O/c1-12(2)11-23-17-7-5-15(6-8-17)18-14(4)22-10-16(20)9-13(3)19(22)21-18/h5-10H,1,11,20H2,2-4H3. The molecule has 4 nitrogen and oxygen atoms in total. The number of pyridine rings is 1. The van der Waals surface area contributed by atoms with Crippen molar-refractivity contribution < 1.29 is 4.74 Å². The van der Waals surface area contributed by atoms with Gasteiger partial charge in [0.25, 0.3) is 0 Å². The molecule has 0 spiro atoms. The zero-order valence-electron chi connectivity index (χ0n) is 13.8. The van der Waals surface area contributed by atoms with Crippen LogP contribution in [-0.2, 0) is 0 Å². The molecule has 3 aromatic rings. The largest absolute Gasteiger partial charge is 0.489 e. The van der Waals surface area contributed by atoms with E-state index in [2.05, 4.69) is 13.5 Å². The maximum atomic E-state index is 5.95. The monoisotopic (exact) mass is 307 g/mol. The smallest absolute Gasteiger partial charge is 0.140 e. The number of aromatic nitrogens is 2. The van der Waals surface area contributed by atoms with Gasteiger partial charge in [-0.25, -0.2) is 4.98 Å². The first-order chi connectivity index (χ1) is 11.0. The Labute approximate surface area is 136 Å². The van der Waals surface area contributed by atoms with Crippen molar-refractivity contribution in [1.82, 2.24) is 9.38 Å². The lowest BCUT2D eigenvalue weighted by Crippen LogP contribution is -1.97. The Bertz CT molecular complexity index is 876. The summed E-state index contributed by atoms with van der Waals surface area (Å²) in [5, 5.41) is 0. The molecule has 0 bridgehead atoms. The lowest BCUT2D eigenvalue weighted by molar-refractivity contribution is 0.353. The summed E-state index contributed by atoms with van der Waals surface area (Å²) in [6.07, 6.45) is 1.92. The molecule has 4 heteroatoms. The third kappa shape index (κ3) is 2.93. The Morgan fingerprint density at radius 1 is 1.26 bits per heavy atom. The van der Waals surface area contributed by atoms with Crippen LogP contribution in [0.15, 0.2) is 48.7 Å². The average Bonchev–Trinajstić information content (AvgIpc) is 2.83. The number of benzene rings is 1. The van der Waals surface area contributed by atoms with E-state index in [1.807, 2.05) is 54.8 Å². The normalized spacial score (nSPS) is 10.9. The summed E-state index contributed by atoms with van der Waals surface area (Å²) in [6.45, 7) is 10.4. The molecule has 0 amide bonds. The second-order valence-corrected chi connectivity index (χ2v) is 5.97. The van der Waals surface area contributed by atoms with Crippen molar-refractivity contribution in [2.24, 2.45) is 0 Å². The third-order valence-electron chi connectivity index (χ3n) is 3.78. The van der Waals surface area contributed by atoms with Gasteiger partial charge in [-0.3, -0.25) is 0 Å². The zero-order chi connectivity index (χ0) is 16.6. The zero-order valence-corrected chi connectivity index (χ0v) is 13.8. The van der Waals surface area contributed by atoms with E-state index in [4.69, 9.17) is 15.5 Å². The quantitative estimate of drug-likeness (QED) is 0.736. The molecule has 0 fully saturated rings. The van der Waals surface area contributed by atoms with Gasteiger partial charge in [0.15, 0.2) is 0 Å². The fourth-order valence-electron chi connectivity index (χ4n) is 2.64. The van der Waals surface area contributed by atoms with Crippen molar-refractivity contribution >= 4 is 11.3 Å². The fraction of sp³-hybridized carbons (Fsp3) is 0.211. The minimum atomic E-state index is 0.533. The molecule has 0 aliphatic rings. The molecule has 2 heterocycles. The molecule has 3 rings (SSSR count). The average molecular weight is 307 g/mol. The highest BCUT2D eigenvalue weighted by Gasteiger charge is 2.12. The summed E-state index contributed by atoms with van der Waals surface area (Å²) < 4.78 is 7.69. The van der Waals surface area contributed by atoms with Gasteiger partial charge in [0, 0.05) is 23.1 Å². The van der Waals surface area contributed by atoms with Crippen LogP contribution < -0.4 is 10.5 Å². The Balaban J connectivity index is 1.98. The van der Waals surface area contributed by atoms with E-state index in [-0.39, 0.29) is 0 Å². The molecule has 0 radical (unpaired) electrons. The highest BCUT2D eigenvalue weighted by atomic mass is 16.5. The molecular weight excluding hydrogens is 286 g/mol. The second kappa shape index (κ2) is 5.80. The van der Waals surface area contributed by atoms with Crippen molar-refractivity contribution in [2.45, 2.75) is 20.8 Å². The van der Waals surface area contributed by atoms with Crippen molar-refractivity contribution in [3.8, 4) is 17.0 Å². The van der Waals surface area contributed by atoms with Crippen molar-refractivity contribution in [2.75, 3.05) is 12.3 Å². The number of aryl methyl sites for hydroxylation is 2. The number of hydrogen-bond acceptors (Lipinski definition) is 3. The molecule has 23 heavy (non-hydrogen) atoms. The molecule has 0 unspecified atom stereocenters. The van der Waals surface area contributed by atoms with Crippen molar-refractivity contribution in [3.05, 3.63) is 59.9 Å². The van der Waals surface area contributed by atoms with Gasteiger partial charge in [-0.05, 0) is 62.2 Å². The highest BCUT2D eigenvalue weighted by Crippen LogP contribution is 2.27. The number of imidazole rings is 1. The molecule has 1 aromatic carbocycles.